The largest absolute Gasteiger partial charge is 1.00 e. The average molecular weight is 637 g/mol. The molecule has 0 radical (unpaired) electrons. The minimum Gasteiger partial charge on any atom is 1.00 e. The van der Waals surface area contributed by atoms with E-state index in [1.165, 1.54) is 0 Å². The van der Waals surface area contributed by atoms with Crippen LogP contribution in [0.3, 0.4) is 0 Å². The second-order valence-electron chi connectivity index (χ2n) is 0.271. The Labute approximate surface area is 105 Å². The van der Waals surface area contributed by atoms with Crippen molar-refractivity contribution in [2.75, 3.05) is 0 Å². The molecule has 0 aromatic rings. The molecule has 0 heterocycles. The number of hydrogen-bond acceptors (Lipinski definition) is 0. The molecule has 0 saturated heterocycles. The molecule has 0 nitrogen and oxygen atoms in total. The van der Waals surface area contributed by atoms with E-state index >= 15 is 0 Å². The first-order valence-electron chi connectivity index (χ1n) is 0.478. The first-order chi connectivity index (χ1) is 2.00. The van der Waals surface area contributed by atoms with Gasteiger partial charge in [0.2, 0.25) is 0 Å². The van der Waals surface area contributed by atoms with Gasteiger partial charge < -0.3 is 0 Å². The first-order valence-corrected chi connectivity index (χ1v) is 19.0. The van der Waals surface area contributed by atoms with Crippen LogP contribution in [0.1, 0.15) is 0 Å². The maximum atomic E-state index is 2.49. The van der Waals surface area contributed by atoms with Crippen LogP contribution in [0.15, 0.2) is 0 Å². The summed E-state index contributed by atoms with van der Waals surface area (Å²) < 4.78 is -0.820. The molecule has 0 fully saturated rings. The normalized spacial score (nSPS) is 12.7. The Morgan fingerprint density at radius 2 is 0.833 bits per heavy atom. The fourth-order valence-corrected chi connectivity index (χ4v) is 0. The molecule has 0 atom stereocenters. The summed E-state index contributed by atoms with van der Waals surface area (Å²) in [5.74, 6) is 0. The Kier molecular flexibility index (Phi) is 13.9. The smallest absolute Gasteiger partial charge is 1.00 e. The summed E-state index contributed by atoms with van der Waals surface area (Å²) in [6, 6.07) is 0. The van der Waals surface area contributed by atoms with Crippen LogP contribution in [0.25, 0.3) is 0 Å². The van der Waals surface area contributed by atoms with E-state index in [1.807, 2.05) is 0 Å². The minimum atomic E-state index is -0.820. The van der Waals surface area contributed by atoms with Crippen LogP contribution in [-0.2, 0) is 1.08 Å². The van der Waals surface area contributed by atoms with E-state index in [4.69, 9.17) is 0 Å². The van der Waals surface area contributed by atoms with Crippen LogP contribution in [0.2, 0.25) is 0 Å². The van der Waals surface area contributed by atoms with Gasteiger partial charge in [-0.15, -0.1) is 0 Å². The molecule has 0 aromatic carbocycles. The van der Waals surface area contributed by atoms with E-state index in [2.05, 4.69) is 78.1 Å². The molecule has 0 aliphatic carbocycles. The van der Waals surface area contributed by atoms with E-state index in [0.29, 0.717) is 0 Å². The summed E-state index contributed by atoms with van der Waals surface area (Å²) in [6.07, 6.45) is 0. The van der Waals surface area contributed by atoms with Crippen LogP contribution in [0.5, 0.6) is 0 Å². The van der Waals surface area contributed by atoms with Gasteiger partial charge in [-0.3, -0.25) is 0 Å². The Morgan fingerprint density at radius 3 is 0.833 bits per heavy atom. The van der Waals surface area contributed by atoms with Crippen molar-refractivity contribution in [3.8, 4) is 0 Å². The fourth-order valence-electron chi connectivity index (χ4n) is 0. The second kappa shape index (κ2) is 6.30. The van der Waals surface area contributed by atoms with Gasteiger partial charge in [0.1, 0.15) is 0 Å². The van der Waals surface area contributed by atoms with Gasteiger partial charge in [0.05, 0.1) is 0 Å². The van der Waals surface area contributed by atoms with E-state index < -0.39 is 1.08 Å². The number of halogens is 4. The summed E-state index contributed by atoms with van der Waals surface area (Å²) in [7, 11) is 0. The zero-order valence-corrected chi connectivity index (χ0v) is 15.0. The van der Waals surface area contributed by atoms with E-state index in [0.717, 1.165) is 0 Å². The molecular weight excluding hydrogens is 637 g/mol. The molecule has 0 amide bonds. The van der Waals surface area contributed by atoms with Crippen LogP contribution in [0, 0.1) is 0 Å². The molecule has 6 heteroatoms. The molecule has 0 bridgehead atoms. The van der Waals surface area contributed by atoms with Crippen molar-refractivity contribution >= 4 is 78.1 Å². The molecule has 0 aliphatic heterocycles. The van der Waals surface area contributed by atoms with Crippen molar-refractivity contribution in [3.63, 3.8) is 0 Å². The molecule has 39 valence electrons. The first kappa shape index (κ1) is 13.2. The van der Waals surface area contributed by atoms with Gasteiger partial charge in [0.25, 0.3) is 0 Å². The summed E-state index contributed by atoms with van der Waals surface area (Å²) in [6.45, 7) is 0. The van der Waals surface area contributed by atoms with Crippen molar-refractivity contribution in [1.82, 2.24) is 0 Å². The summed E-state index contributed by atoms with van der Waals surface area (Å²) in [5.41, 5.74) is 0. The molecule has 6 heavy (non-hydrogen) atoms. The third-order valence-corrected chi connectivity index (χ3v) is 0. The third-order valence-electron chi connectivity index (χ3n) is 0. The SMILES string of the molecule is [I][Pd-]([I])([I])[I].[Na+]. The average Bonchev–Trinajstić information content (AvgIpc) is 0.722. The molecular formula is I4NaPd. The van der Waals surface area contributed by atoms with Crippen molar-refractivity contribution in [3.05, 3.63) is 0 Å². The predicted molar refractivity (Wildman–Crippen MR) is 56.1 cm³/mol. The van der Waals surface area contributed by atoms with Crippen LogP contribution >= 0.6 is 78.1 Å². The van der Waals surface area contributed by atoms with Gasteiger partial charge in [0, 0.05) is 0 Å². The van der Waals surface area contributed by atoms with Crippen molar-refractivity contribution in [2.45, 2.75) is 0 Å². The second-order valence-corrected chi connectivity index (χ2v) is 72.2. The third kappa shape index (κ3) is 23.5. The fraction of sp³-hybridized carbons (Fsp3) is 0. The summed E-state index contributed by atoms with van der Waals surface area (Å²) in [4.78, 5) is 0. The molecule has 0 aliphatic rings. The Balaban J connectivity index is 0. The summed E-state index contributed by atoms with van der Waals surface area (Å²) >= 11 is 9.95. The summed E-state index contributed by atoms with van der Waals surface area (Å²) in [5, 5.41) is 0. The molecule has 0 saturated carbocycles. The van der Waals surface area contributed by atoms with Crippen LogP contribution in [-0.4, -0.2) is 0 Å². The Bertz CT molecular complexity index is 23.0. The van der Waals surface area contributed by atoms with Crippen molar-refractivity contribution < 1.29 is 30.6 Å². The van der Waals surface area contributed by atoms with Crippen molar-refractivity contribution in [1.29, 1.82) is 0 Å². The quantitative estimate of drug-likeness (QED) is 0.269. The maximum absolute atomic E-state index is 2.49. The standard InChI is InChI=1S/4HI.Na.Pd/h4*1H;;/q;;;;+1;+3/p-4. The van der Waals surface area contributed by atoms with Gasteiger partial charge in [0.15, 0.2) is 0 Å². The van der Waals surface area contributed by atoms with Gasteiger partial charge in [-0.25, -0.2) is 0 Å². The van der Waals surface area contributed by atoms with Crippen LogP contribution < -0.4 is 29.6 Å². The molecule has 0 spiro atoms. The zero-order chi connectivity index (χ0) is 4.50. The van der Waals surface area contributed by atoms with E-state index in [-0.39, 0.29) is 29.6 Å². The molecule has 0 N–H and O–H groups in total. The topological polar surface area (TPSA) is 0 Å². The Hall–Kier alpha value is 4.58. The van der Waals surface area contributed by atoms with Crippen LogP contribution in [0.4, 0.5) is 0 Å². The Morgan fingerprint density at radius 1 is 0.833 bits per heavy atom. The maximum Gasteiger partial charge on any atom is 1.00 e. The monoisotopic (exact) mass is 637 g/mol. The van der Waals surface area contributed by atoms with E-state index in [9.17, 15) is 0 Å². The minimum absolute atomic E-state index is 0. The van der Waals surface area contributed by atoms with Gasteiger partial charge in [-0.1, -0.05) is 0 Å². The number of rotatable bonds is 0. The zero-order valence-electron chi connectivity index (χ0n) is 2.83. The van der Waals surface area contributed by atoms with Gasteiger partial charge >= 0.3 is 109 Å². The molecule has 0 unspecified atom stereocenters. The van der Waals surface area contributed by atoms with Crippen molar-refractivity contribution in [2.24, 2.45) is 0 Å². The number of hydrogen-bond donors (Lipinski definition) is 0. The van der Waals surface area contributed by atoms with Gasteiger partial charge in [-0.05, 0) is 0 Å². The van der Waals surface area contributed by atoms with E-state index in [1.54, 1.807) is 0 Å². The molecule has 0 rings (SSSR count). The van der Waals surface area contributed by atoms with Gasteiger partial charge in [-0.2, -0.15) is 0 Å². The predicted octanol–water partition coefficient (Wildman–Crippen LogP) is 0.544. The molecule has 0 aromatic heterocycles.